The van der Waals surface area contributed by atoms with E-state index >= 15 is 0 Å². The Morgan fingerprint density at radius 2 is 2.19 bits per heavy atom. The monoisotopic (exact) mass is 289 g/mol. The first-order valence-corrected chi connectivity index (χ1v) is 7.05. The summed E-state index contributed by atoms with van der Waals surface area (Å²) in [4.78, 5) is 30.6. The number of hydrogen-bond donors (Lipinski definition) is 1. The number of nitrogens with one attached hydrogen (secondary N) is 1. The Kier molecular flexibility index (Phi) is 3.20. The number of fused-ring (bicyclic) bond motifs is 1. The van der Waals surface area contributed by atoms with Crippen LogP contribution < -0.4 is 5.32 Å². The van der Waals surface area contributed by atoms with Crippen molar-refractivity contribution in [3.05, 3.63) is 24.4 Å². The molecule has 6 heteroatoms. The van der Waals surface area contributed by atoms with Crippen LogP contribution in [0.3, 0.4) is 0 Å². The Morgan fingerprint density at radius 1 is 1.43 bits per heavy atom. The van der Waals surface area contributed by atoms with Gasteiger partial charge in [0, 0.05) is 18.2 Å². The second-order valence-electron chi connectivity index (χ2n) is 6.37. The number of carbonyl (C=O) groups excluding carboxylic acids is 2. The van der Waals surface area contributed by atoms with Crippen LogP contribution in [0.25, 0.3) is 0 Å². The lowest BCUT2D eigenvalue weighted by atomic mass is 9.87. The third-order valence-electron chi connectivity index (χ3n) is 4.03. The van der Waals surface area contributed by atoms with Gasteiger partial charge in [0.2, 0.25) is 11.8 Å². The number of ether oxygens (including phenoxy) is 1. The molecule has 0 aliphatic carbocycles. The molecule has 0 radical (unpaired) electrons. The van der Waals surface area contributed by atoms with Crippen LogP contribution in [0, 0.1) is 5.41 Å². The van der Waals surface area contributed by atoms with Crippen LogP contribution in [0.2, 0.25) is 0 Å². The first kappa shape index (κ1) is 14.0. The summed E-state index contributed by atoms with van der Waals surface area (Å²) in [5.74, 6) is 0.195. The number of amidine groups is 1. The lowest BCUT2D eigenvalue weighted by molar-refractivity contribution is -0.136. The molecule has 3 aliphatic heterocycles. The van der Waals surface area contributed by atoms with E-state index in [1.165, 1.54) is 4.90 Å². The number of rotatable bonds is 3. The van der Waals surface area contributed by atoms with E-state index in [9.17, 15) is 9.59 Å². The van der Waals surface area contributed by atoms with Crippen LogP contribution in [0.15, 0.2) is 29.4 Å². The van der Waals surface area contributed by atoms with Crippen molar-refractivity contribution in [3.8, 4) is 0 Å². The van der Waals surface area contributed by atoms with Crippen molar-refractivity contribution in [2.45, 2.75) is 25.8 Å². The molecule has 21 heavy (non-hydrogen) atoms. The van der Waals surface area contributed by atoms with E-state index in [1.54, 1.807) is 31.4 Å². The van der Waals surface area contributed by atoms with Crippen LogP contribution >= 0.6 is 0 Å². The van der Waals surface area contributed by atoms with Crippen molar-refractivity contribution in [2.75, 3.05) is 19.8 Å². The van der Waals surface area contributed by atoms with Crippen LogP contribution in [0.5, 0.6) is 0 Å². The highest BCUT2D eigenvalue weighted by Gasteiger charge is 2.43. The molecule has 3 aliphatic rings. The van der Waals surface area contributed by atoms with Gasteiger partial charge in [-0.25, -0.2) is 0 Å². The zero-order valence-electron chi connectivity index (χ0n) is 12.3. The highest BCUT2D eigenvalue weighted by molar-refractivity contribution is 6.11. The number of hydrogen-bond acceptors (Lipinski definition) is 4. The van der Waals surface area contributed by atoms with Gasteiger partial charge in [0.1, 0.15) is 11.4 Å². The molecular weight excluding hydrogens is 270 g/mol. The summed E-state index contributed by atoms with van der Waals surface area (Å²) in [6.45, 7) is 5.61. The summed E-state index contributed by atoms with van der Waals surface area (Å²) in [5.41, 5.74) is -1.04. The fraction of sp³-hybridized carbons (Fsp3) is 0.533. The van der Waals surface area contributed by atoms with E-state index in [0.717, 1.165) is 0 Å². The standard InChI is InChI=1S/C15H19N3O3/c1-14(9-21-10-14)8-16-13(20)15(2)7-12(19)18-6-4-3-5-11(18)17-15/h3-6H,7-10H2,1-2H3,(H,16,20)/t15-/m0/s1. The van der Waals surface area contributed by atoms with Crippen molar-refractivity contribution in [3.63, 3.8) is 0 Å². The summed E-state index contributed by atoms with van der Waals surface area (Å²) in [6, 6.07) is 0. The van der Waals surface area contributed by atoms with Crippen molar-refractivity contribution in [1.29, 1.82) is 0 Å². The minimum Gasteiger partial charge on any atom is -0.380 e. The maximum atomic E-state index is 12.5. The lowest BCUT2D eigenvalue weighted by Crippen LogP contribution is -2.55. The number of carbonyl (C=O) groups is 2. The van der Waals surface area contributed by atoms with Gasteiger partial charge in [-0.05, 0) is 19.1 Å². The molecular formula is C15H19N3O3. The first-order chi connectivity index (χ1) is 9.92. The molecule has 3 rings (SSSR count). The molecule has 0 aromatic carbocycles. The molecule has 0 unspecified atom stereocenters. The normalized spacial score (nSPS) is 29.5. The van der Waals surface area contributed by atoms with Crippen LogP contribution in [0.4, 0.5) is 0 Å². The number of nitrogens with zero attached hydrogens (tertiary/aromatic N) is 2. The van der Waals surface area contributed by atoms with Crippen molar-refractivity contribution in [2.24, 2.45) is 10.4 Å². The Balaban J connectivity index is 1.74. The predicted molar refractivity (Wildman–Crippen MR) is 77.5 cm³/mol. The number of amides is 2. The number of aliphatic imine (C=N–C) groups is 1. The van der Waals surface area contributed by atoms with Gasteiger partial charge in [0.05, 0.1) is 19.6 Å². The van der Waals surface area contributed by atoms with Crippen LogP contribution in [-0.4, -0.2) is 47.8 Å². The van der Waals surface area contributed by atoms with Gasteiger partial charge in [-0.3, -0.25) is 19.5 Å². The smallest absolute Gasteiger partial charge is 0.248 e. The fourth-order valence-electron chi connectivity index (χ4n) is 2.58. The molecule has 6 nitrogen and oxygen atoms in total. The van der Waals surface area contributed by atoms with Crippen LogP contribution in [0.1, 0.15) is 20.3 Å². The van der Waals surface area contributed by atoms with Gasteiger partial charge < -0.3 is 10.1 Å². The van der Waals surface area contributed by atoms with E-state index in [2.05, 4.69) is 17.2 Å². The largest absolute Gasteiger partial charge is 0.380 e. The van der Waals surface area contributed by atoms with E-state index in [1.807, 2.05) is 0 Å². The van der Waals surface area contributed by atoms with Gasteiger partial charge in [0.25, 0.3) is 0 Å². The molecule has 0 saturated carbocycles. The summed E-state index contributed by atoms with van der Waals surface area (Å²) in [7, 11) is 0. The Bertz CT molecular complexity index is 575. The van der Waals surface area contributed by atoms with Gasteiger partial charge >= 0.3 is 0 Å². The van der Waals surface area contributed by atoms with E-state index in [-0.39, 0.29) is 23.7 Å². The molecule has 1 saturated heterocycles. The Morgan fingerprint density at radius 3 is 2.86 bits per heavy atom. The predicted octanol–water partition coefficient (Wildman–Crippen LogP) is 0.612. The molecule has 1 fully saturated rings. The quantitative estimate of drug-likeness (QED) is 0.827. The van der Waals surface area contributed by atoms with Crippen molar-refractivity contribution >= 4 is 17.6 Å². The highest BCUT2D eigenvalue weighted by Crippen LogP contribution is 2.28. The van der Waals surface area contributed by atoms with Crippen LogP contribution in [-0.2, 0) is 14.3 Å². The van der Waals surface area contributed by atoms with Gasteiger partial charge in [0.15, 0.2) is 0 Å². The third kappa shape index (κ3) is 2.51. The van der Waals surface area contributed by atoms with Gasteiger partial charge in [-0.15, -0.1) is 0 Å². The molecule has 0 spiro atoms. The topological polar surface area (TPSA) is 71.0 Å². The molecule has 1 N–H and O–H groups in total. The average Bonchev–Trinajstić information content (AvgIpc) is 2.42. The molecule has 1 atom stereocenters. The maximum absolute atomic E-state index is 12.5. The average molecular weight is 289 g/mol. The SMILES string of the molecule is CC1(CNC(=O)[C@]2(C)CC(=O)N3C=CC=CC3=N2)COC1. The molecule has 2 amide bonds. The summed E-state index contributed by atoms with van der Waals surface area (Å²) < 4.78 is 5.17. The Hall–Kier alpha value is -1.95. The van der Waals surface area contributed by atoms with Gasteiger partial charge in [-0.1, -0.05) is 13.0 Å². The molecule has 0 aromatic heterocycles. The second-order valence-corrected chi connectivity index (χ2v) is 6.37. The molecule has 0 bridgehead atoms. The summed E-state index contributed by atoms with van der Waals surface area (Å²) in [5, 5.41) is 2.91. The maximum Gasteiger partial charge on any atom is 0.248 e. The lowest BCUT2D eigenvalue weighted by Gasteiger charge is -2.39. The summed E-state index contributed by atoms with van der Waals surface area (Å²) in [6.07, 6.45) is 7.07. The first-order valence-electron chi connectivity index (χ1n) is 7.05. The molecule has 3 heterocycles. The van der Waals surface area contributed by atoms with E-state index in [4.69, 9.17) is 4.74 Å². The Labute approximate surface area is 123 Å². The zero-order valence-corrected chi connectivity index (χ0v) is 12.3. The number of allylic oxidation sites excluding steroid dienone is 2. The zero-order chi connectivity index (χ0) is 15.1. The van der Waals surface area contributed by atoms with E-state index < -0.39 is 5.54 Å². The minimum atomic E-state index is -1.04. The van der Waals surface area contributed by atoms with Gasteiger partial charge in [-0.2, -0.15) is 0 Å². The highest BCUT2D eigenvalue weighted by atomic mass is 16.5. The summed E-state index contributed by atoms with van der Waals surface area (Å²) >= 11 is 0. The minimum absolute atomic E-state index is 0.00263. The third-order valence-corrected chi connectivity index (χ3v) is 4.03. The van der Waals surface area contributed by atoms with Crippen molar-refractivity contribution < 1.29 is 14.3 Å². The second kappa shape index (κ2) is 4.80. The van der Waals surface area contributed by atoms with Crippen molar-refractivity contribution in [1.82, 2.24) is 10.2 Å². The van der Waals surface area contributed by atoms with E-state index in [0.29, 0.717) is 25.6 Å². The molecule has 112 valence electrons. The molecule has 0 aromatic rings. The fourth-order valence-corrected chi connectivity index (χ4v) is 2.58.